The highest BCUT2D eigenvalue weighted by Gasteiger charge is 2.19. The van der Waals surface area contributed by atoms with Crippen molar-refractivity contribution in [1.82, 2.24) is 5.32 Å². The minimum absolute atomic E-state index is 0.0173. The van der Waals surface area contributed by atoms with E-state index in [1.165, 1.54) is 12.1 Å². The fourth-order valence-corrected chi connectivity index (χ4v) is 1.58. The van der Waals surface area contributed by atoms with Gasteiger partial charge in [0.15, 0.2) is 0 Å². The van der Waals surface area contributed by atoms with Crippen molar-refractivity contribution < 1.29 is 19.1 Å². The van der Waals surface area contributed by atoms with E-state index in [0.717, 1.165) is 5.56 Å². The third-order valence-corrected chi connectivity index (χ3v) is 2.55. The molecule has 0 aliphatic carbocycles. The number of rotatable bonds is 5. The van der Waals surface area contributed by atoms with Gasteiger partial charge in [-0.1, -0.05) is 19.4 Å². The Kier molecular flexibility index (Phi) is 5.29. The first-order valence-electron chi connectivity index (χ1n) is 6.00. The van der Waals surface area contributed by atoms with Gasteiger partial charge in [-0.05, 0) is 31.0 Å². The number of amides is 2. The molecular formula is C13H17FN2O3. The van der Waals surface area contributed by atoms with Gasteiger partial charge in [-0.2, -0.15) is 0 Å². The molecule has 0 fully saturated rings. The van der Waals surface area contributed by atoms with Gasteiger partial charge in [-0.3, -0.25) is 0 Å². The van der Waals surface area contributed by atoms with E-state index >= 15 is 0 Å². The number of carboxylic acids is 1. The number of urea groups is 1. The van der Waals surface area contributed by atoms with Gasteiger partial charge in [0.2, 0.25) is 0 Å². The van der Waals surface area contributed by atoms with Gasteiger partial charge in [-0.15, -0.1) is 0 Å². The molecule has 0 spiro atoms. The average Bonchev–Trinajstić information content (AvgIpc) is 2.32. The summed E-state index contributed by atoms with van der Waals surface area (Å²) in [6.45, 7) is 3.55. The Morgan fingerprint density at radius 1 is 1.42 bits per heavy atom. The molecule has 1 aromatic carbocycles. The van der Waals surface area contributed by atoms with Crippen molar-refractivity contribution in [2.24, 2.45) is 0 Å². The molecule has 1 atom stereocenters. The standard InChI is InChI=1S/C13H17FN2O3/c1-3-4-11(12(17)18)16-13(19)15-10-6-5-8(2)7-9(10)14/h5-7,11H,3-4H2,1-2H3,(H,17,18)(H2,15,16,19)/t11-/m1/s1. The third kappa shape index (κ3) is 4.57. The van der Waals surface area contributed by atoms with Crippen molar-refractivity contribution in [2.45, 2.75) is 32.7 Å². The van der Waals surface area contributed by atoms with Crippen molar-refractivity contribution in [1.29, 1.82) is 0 Å². The molecule has 1 rings (SSSR count). The lowest BCUT2D eigenvalue weighted by Crippen LogP contribution is -2.43. The zero-order valence-corrected chi connectivity index (χ0v) is 10.9. The van der Waals surface area contributed by atoms with E-state index in [2.05, 4.69) is 10.6 Å². The highest BCUT2D eigenvalue weighted by Crippen LogP contribution is 2.15. The second kappa shape index (κ2) is 6.72. The van der Waals surface area contributed by atoms with Crippen molar-refractivity contribution in [3.8, 4) is 0 Å². The fourth-order valence-electron chi connectivity index (χ4n) is 1.58. The molecule has 0 bridgehead atoms. The van der Waals surface area contributed by atoms with Crippen LogP contribution in [0.4, 0.5) is 14.9 Å². The number of carboxylic acid groups (broad SMARTS) is 1. The molecule has 0 saturated carbocycles. The van der Waals surface area contributed by atoms with Gasteiger partial charge in [0, 0.05) is 0 Å². The molecule has 0 unspecified atom stereocenters. The highest BCUT2D eigenvalue weighted by atomic mass is 19.1. The predicted molar refractivity (Wildman–Crippen MR) is 69.6 cm³/mol. The summed E-state index contributed by atoms with van der Waals surface area (Å²) in [5, 5.41) is 13.5. The number of hydrogen-bond donors (Lipinski definition) is 3. The Labute approximate surface area is 110 Å². The van der Waals surface area contributed by atoms with Crippen LogP contribution < -0.4 is 10.6 Å². The van der Waals surface area contributed by atoms with Crippen LogP contribution in [0.15, 0.2) is 18.2 Å². The van der Waals surface area contributed by atoms with E-state index < -0.39 is 23.9 Å². The number of carbonyl (C=O) groups is 2. The van der Waals surface area contributed by atoms with Crippen LogP contribution in [0, 0.1) is 12.7 Å². The quantitative estimate of drug-likeness (QED) is 0.767. The van der Waals surface area contributed by atoms with Crippen LogP contribution in [0.2, 0.25) is 0 Å². The second-order valence-corrected chi connectivity index (χ2v) is 4.26. The number of hydrogen-bond acceptors (Lipinski definition) is 2. The first kappa shape index (κ1) is 14.9. The SMILES string of the molecule is CCC[C@@H](NC(=O)Nc1ccc(C)cc1F)C(=O)O. The van der Waals surface area contributed by atoms with Crippen LogP contribution >= 0.6 is 0 Å². The van der Waals surface area contributed by atoms with Gasteiger partial charge in [0.1, 0.15) is 11.9 Å². The van der Waals surface area contributed by atoms with E-state index in [1.54, 1.807) is 13.0 Å². The summed E-state index contributed by atoms with van der Waals surface area (Å²) in [4.78, 5) is 22.5. The summed E-state index contributed by atoms with van der Waals surface area (Å²) in [6, 6.07) is 2.66. The summed E-state index contributed by atoms with van der Waals surface area (Å²) < 4.78 is 13.5. The third-order valence-electron chi connectivity index (χ3n) is 2.55. The highest BCUT2D eigenvalue weighted by molar-refractivity contribution is 5.92. The van der Waals surface area contributed by atoms with Crippen LogP contribution in [0.1, 0.15) is 25.3 Å². The normalized spacial score (nSPS) is 11.7. The lowest BCUT2D eigenvalue weighted by Gasteiger charge is -2.14. The molecule has 0 saturated heterocycles. The number of benzene rings is 1. The van der Waals surface area contributed by atoms with E-state index in [0.29, 0.717) is 12.8 Å². The van der Waals surface area contributed by atoms with E-state index in [-0.39, 0.29) is 5.69 Å². The molecule has 1 aromatic rings. The Morgan fingerprint density at radius 3 is 2.63 bits per heavy atom. The summed E-state index contributed by atoms with van der Waals surface area (Å²) in [5.74, 6) is -1.67. The minimum Gasteiger partial charge on any atom is -0.480 e. The molecule has 19 heavy (non-hydrogen) atoms. The van der Waals surface area contributed by atoms with Crippen molar-refractivity contribution in [2.75, 3.05) is 5.32 Å². The maximum atomic E-state index is 13.5. The zero-order valence-electron chi connectivity index (χ0n) is 10.9. The van der Waals surface area contributed by atoms with E-state index in [1.807, 2.05) is 6.92 Å². The Balaban J connectivity index is 2.66. The number of halogens is 1. The van der Waals surface area contributed by atoms with Gasteiger partial charge < -0.3 is 15.7 Å². The predicted octanol–water partition coefficient (Wildman–Crippen LogP) is 2.51. The van der Waals surface area contributed by atoms with Crippen molar-refractivity contribution >= 4 is 17.7 Å². The van der Waals surface area contributed by atoms with Crippen LogP contribution in [-0.4, -0.2) is 23.1 Å². The van der Waals surface area contributed by atoms with E-state index in [4.69, 9.17) is 5.11 Å². The second-order valence-electron chi connectivity index (χ2n) is 4.26. The van der Waals surface area contributed by atoms with Gasteiger partial charge >= 0.3 is 12.0 Å². The summed E-state index contributed by atoms with van der Waals surface area (Å²) in [5.41, 5.74) is 0.751. The van der Waals surface area contributed by atoms with Crippen LogP contribution in [0.5, 0.6) is 0 Å². The van der Waals surface area contributed by atoms with Crippen LogP contribution in [0.25, 0.3) is 0 Å². The monoisotopic (exact) mass is 268 g/mol. The van der Waals surface area contributed by atoms with Crippen molar-refractivity contribution in [3.05, 3.63) is 29.6 Å². The number of carbonyl (C=O) groups excluding carboxylic acids is 1. The average molecular weight is 268 g/mol. The molecule has 104 valence electrons. The lowest BCUT2D eigenvalue weighted by molar-refractivity contribution is -0.139. The number of anilines is 1. The van der Waals surface area contributed by atoms with Crippen LogP contribution in [-0.2, 0) is 4.79 Å². The topological polar surface area (TPSA) is 78.4 Å². The van der Waals surface area contributed by atoms with Gasteiger partial charge in [0.25, 0.3) is 0 Å². The number of aliphatic carboxylic acids is 1. The van der Waals surface area contributed by atoms with Gasteiger partial charge in [0.05, 0.1) is 5.69 Å². The number of nitrogens with one attached hydrogen (secondary N) is 2. The summed E-state index contributed by atoms with van der Waals surface area (Å²) >= 11 is 0. The minimum atomic E-state index is -1.11. The smallest absolute Gasteiger partial charge is 0.326 e. The molecule has 2 amide bonds. The Hall–Kier alpha value is -2.11. The maximum absolute atomic E-state index is 13.5. The molecular weight excluding hydrogens is 251 g/mol. The zero-order chi connectivity index (χ0) is 14.4. The molecule has 6 heteroatoms. The maximum Gasteiger partial charge on any atom is 0.326 e. The molecule has 0 radical (unpaired) electrons. The Bertz CT molecular complexity index is 477. The first-order valence-corrected chi connectivity index (χ1v) is 6.00. The number of aryl methyl sites for hydroxylation is 1. The largest absolute Gasteiger partial charge is 0.480 e. The van der Waals surface area contributed by atoms with Crippen molar-refractivity contribution in [3.63, 3.8) is 0 Å². The fraction of sp³-hybridized carbons (Fsp3) is 0.385. The van der Waals surface area contributed by atoms with Crippen LogP contribution in [0.3, 0.4) is 0 Å². The summed E-state index contributed by atoms with van der Waals surface area (Å²) in [7, 11) is 0. The first-order chi connectivity index (χ1) is 8.93. The molecule has 0 aliphatic rings. The lowest BCUT2D eigenvalue weighted by atomic mass is 10.2. The molecule has 0 aromatic heterocycles. The summed E-state index contributed by atoms with van der Waals surface area (Å²) in [6.07, 6.45) is 0.940. The van der Waals surface area contributed by atoms with Gasteiger partial charge in [-0.25, -0.2) is 14.0 Å². The molecule has 0 heterocycles. The van der Waals surface area contributed by atoms with E-state index in [9.17, 15) is 14.0 Å². The molecule has 5 nitrogen and oxygen atoms in total. The molecule has 3 N–H and O–H groups in total. The molecule has 0 aliphatic heterocycles. The Morgan fingerprint density at radius 2 is 2.11 bits per heavy atom.